The van der Waals surface area contributed by atoms with Gasteiger partial charge >= 0.3 is 5.97 Å². The Morgan fingerprint density at radius 3 is 2.07 bits per heavy atom. The van der Waals surface area contributed by atoms with E-state index in [2.05, 4.69) is 36.4 Å². The lowest BCUT2D eigenvalue weighted by Gasteiger charge is -2.29. The maximum absolute atomic E-state index is 14.1. The van der Waals surface area contributed by atoms with Crippen LogP contribution in [0.1, 0.15) is 12.5 Å². The van der Waals surface area contributed by atoms with Crippen molar-refractivity contribution in [2.45, 2.75) is 31.4 Å². The van der Waals surface area contributed by atoms with E-state index in [1.54, 1.807) is 48.5 Å². The molecule has 0 radical (unpaired) electrons. The lowest BCUT2D eigenvalue weighted by Crippen LogP contribution is -2.41. The fourth-order valence-electron chi connectivity index (χ4n) is 4.95. The molecular formula is C31H28Br2N2O5S. The zero-order valence-electron chi connectivity index (χ0n) is 22.7. The van der Waals surface area contributed by atoms with Crippen LogP contribution in [-0.2, 0) is 26.1 Å². The van der Waals surface area contributed by atoms with E-state index in [-0.39, 0.29) is 18.0 Å². The predicted octanol–water partition coefficient (Wildman–Crippen LogP) is 7.46. The lowest BCUT2D eigenvalue weighted by atomic mass is 10.2. The topological polar surface area (TPSA) is 77.8 Å². The number of methoxy groups -OCH3 is 1. The van der Waals surface area contributed by atoms with Gasteiger partial charge in [-0.2, -0.15) is 0 Å². The molecule has 1 heterocycles. The van der Waals surface area contributed by atoms with Gasteiger partial charge in [-0.1, -0.05) is 55.6 Å². The molecule has 0 saturated carbocycles. The van der Waals surface area contributed by atoms with Gasteiger partial charge < -0.3 is 14.0 Å². The second-order valence-electron chi connectivity index (χ2n) is 9.72. The van der Waals surface area contributed by atoms with Gasteiger partial charge in [-0.25, -0.2) is 8.42 Å². The fraction of sp³-hybridized carbons (Fsp3) is 0.194. The van der Waals surface area contributed by atoms with E-state index in [9.17, 15) is 13.2 Å². The summed E-state index contributed by atoms with van der Waals surface area (Å²) in [7, 11) is -2.51. The van der Waals surface area contributed by atoms with Gasteiger partial charge in [0.15, 0.2) is 0 Å². The number of benzene rings is 4. The molecule has 5 rings (SSSR count). The number of aromatic nitrogens is 1. The molecule has 0 aliphatic rings. The molecule has 0 amide bonds. The molecule has 212 valence electrons. The third-order valence-corrected chi connectivity index (χ3v) is 9.62. The number of hydrogen-bond acceptors (Lipinski definition) is 5. The van der Waals surface area contributed by atoms with Gasteiger partial charge in [-0.15, -0.1) is 0 Å². The smallest absolute Gasteiger partial charge is 0.303 e. The molecule has 0 fully saturated rings. The number of halogens is 2. The average molecular weight is 700 g/mol. The highest BCUT2D eigenvalue weighted by molar-refractivity contribution is 9.10. The van der Waals surface area contributed by atoms with Crippen molar-refractivity contribution in [2.75, 3.05) is 18.0 Å². The van der Waals surface area contributed by atoms with Gasteiger partial charge in [0.05, 0.1) is 30.8 Å². The van der Waals surface area contributed by atoms with Crippen molar-refractivity contribution >= 4 is 75.3 Å². The van der Waals surface area contributed by atoms with Crippen LogP contribution in [0.25, 0.3) is 21.8 Å². The first-order chi connectivity index (χ1) is 19.6. The van der Waals surface area contributed by atoms with Gasteiger partial charge in [0.2, 0.25) is 0 Å². The molecule has 41 heavy (non-hydrogen) atoms. The maximum atomic E-state index is 14.1. The Kier molecular flexibility index (Phi) is 8.45. The van der Waals surface area contributed by atoms with E-state index in [0.29, 0.717) is 11.4 Å². The van der Waals surface area contributed by atoms with E-state index in [1.807, 2.05) is 43.3 Å². The van der Waals surface area contributed by atoms with Crippen LogP contribution in [-0.4, -0.2) is 38.7 Å². The number of esters is 1. The van der Waals surface area contributed by atoms with Crippen LogP contribution in [0.2, 0.25) is 0 Å². The number of ether oxygens (including phenoxy) is 2. The first kappa shape index (κ1) is 29.2. The zero-order valence-corrected chi connectivity index (χ0v) is 26.7. The van der Waals surface area contributed by atoms with Crippen LogP contribution >= 0.6 is 31.9 Å². The van der Waals surface area contributed by atoms with Crippen LogP contribution in [0.3, 0.4) is 0 Å². The second kappa shape index (κ2) is 11.9. The first-order valence-electron chi connectivity index (χ1n) is 12.8. The van der Waals surface area contributed by atoms with Gasteiger partial charge in [0.25, 0.3) is 10.0 Å². The monoisotopic (exact) mass is 698 g/mol. The van der Waals surface area contributed by atoms with Gasteiger partial charge in [0, 0.05) is 43.7 Å². The molecule has 1 aromatic heterocycles. The number of anilines is 1. The standard InChI is InChI=1S/C31H28Br2N2O5S/c1-20-7-11-27(12-8-20)41(37,38)35(24-5-4-6-25(17-24)39-3)19-26(40-21(2)36)18-34-30-13-9-22(32)15-28(30)29-16-23(33)10-14-31(29)34/h4-17,26H,18-19H2,1-3H3. The van der Waals surface area contributed by atoms with Crippen molar-refractivity contribution in [3.63, 3.8) is 0 Å². The van der Waals surface area contributed by atoms with E-state index < -0.39 is 22.1 Å². The number of rotatable bonds is 9. The van der Waals surface area contributed by atoms with Crippen molar-refractivity contribution in [3.05, 3.63) is 99.4 Å². The third-order valence-electron chi connectivity index (χ3n) is 6.83. The zero-order chi connectivity index (χ0) is 29.3. The van der Waals surface area contributed by atoms with Crippen LogP contribution in [0.5, 0.6) is 5.75 Å². The molecule has 0 aliphatic heterocycles. The minimum Gasteiger partial charge on any atom is -0.497 e. The predicted molar refractivity (Wildman–Crippen MR) is 169 cm³/mol. The summed E-state index contributed by atoms with van der Waals surface area (Å²) in [5, 5.41) is 2.04. The molecule has 0 bridgehead atoms. The van der Waals surface area contributed by atoms with Crippen LogP contribution < -0.4 is 9.04 Å². The number of carbonyl (C=O) groups excluding carboxylic acids is 1. The number of aryl methyl sites for hydroxylation is 1. The molecule has 10 heteroatoms. The minimum atomic E-state index is -4.04. The van der Waals surface area contributed by atoms with Crippen LogP contribution in [0.15, 0.2) is 98.8 Å². The summed E-state index contributed by atoms with van der Waals surface area (Å²) in [6, 6.07) is 25.5. The maximum Gasteiger partial charge on any atom is 0.303 e. The molecule has 0 saturated heterocycles. The molecule has 4 aromatic carbocycles. The SMILES string of the molecule is COc1cccc(N(CC(Cn2c3ccc(Br)cc3c3cc(Br)ccc32)OC(C)=O)S(=O)(=O)c2ccc(C)cc2)c1. The van der Waals surface area contributed by atoms with E-state index in [1.165, 1.54) is 18.3 Å². The van der Waals surface area contributed by atoms with Gasteiger partial charge in [0.1, 0.15) is 11.9 Å². The van der Waals surface area contributed by atoms with E-state index >= 15 is 0 Å². The molecule has 7 nitrogen and oxygen atoms in total. The van der Waals surface area contributed by atoms with Crippen molar-refractivity contribution in [3.8, 4) is 5.75 Å². The molecule has 0 spiro atoms. The Balaban J connectivity index is 1.63. The summed E-state index contributed by atoms with van der Waals surface area (Å²) in [4.78, 5) is 12.5. The number of fused-ring (bicyclic) bond motifs is 3. The number of hydrogen-bond donors (Lipinski definition) is 0. The van der Waals surface area contributed by atoms with E-state index in [0.717, 1.165) is 36.3 Å². The summed E-state index contributed by atoms with van der Waals surface area (Å²) in [5.41, 5.74) is 3.22. The minimum absolute atomic E-state index is 0.114. The average Bonchev–Trinajstić information content (AvgIpc) is 3.23. The van der Waals surface area contributed by atoms with Gasteiger partial charge in [-0.3, -0.25) is 9.10 Å². The Hall–Kier alpha value is -3.34. The van der Waals surface area contributed by atoms with Crippen LogP contribution in [0.4, 0.5) is 5.69 Å². The van der Waals surface area contributed by atoms with Crippen molar-refractivity contribution < 1.29 is 22.7 Å². The molecule has 5 aromatic rings. The Labute approximate surface area is 256 Å². The van der Waals surface area contributed by atoms with E-state index in [4.69, 9.17) is 9.47 Å². The summed E-state index contributed by atoms with van der Waals surface area (Å²) < 4.78 is 44.6. The fourth-order valence-corrected chi connectivity index (χ4v) is 7.16. The van der Waals surface area contributed by atoms with Crippen molar-refractivity contribution in [1.82, 2.24) is 4.57 Å². The molecular weight excluding hydrogens is 672 g/mol. The summed E-state index contributed by atoms with van der Waals surface area (Å²) >= 11 is 7.15. The largest absolute Gasteiger partial charge is 0.497 e. The molecule has 1 unspecified atom stereocenters. The second-order valence-corrected chi connectivity index (χ2v) is 13.4. The Bertz CT molecular complexity index is 1790. The number of carbonyl (C=O) groups is 1. The van der Waals surface area contributed by atoms with Crippen molar-refractivity contribution in [1.29, 1.82) is 0 Å². The summed E-state index contributed by atoms with van der Waals surface area (Å²) in [6.45, 7) is 3.34. The van der Waals surface area contributed by atoms with Crippen molar-refractivity contribution in [2.24, 2.45) is 0 Å². The highest BCUT2D eigenvalue weighted by Gasteiger charge is 2.30. The highest BCUT2D eigenvalue weighted by atomic mass is 79.9. The normalized spacial score (nSPS) is 12.4. The molecule has 0 aliphatic carbocycles. The highest BCUT2D eigenvalue weighted by Crippen LogP contribution is 2.34. The first-order valence-corrected chi connectivity index (χ1v) is 15.9. The Morgan fingerprint density at radius 1 is 0.902 bits per heavy atom. The Morgan fingerprint density at radius 2 is 1.51 bits per heavy atom. The lowest BCUT2D eigenvalue weighted by molar-refractivity contribution is -0.146. The number of nitrogens with zero attached hydrogens (tertiary/aromatic N) is 2. The number of sulfonamides is 1. The summed E-state index contributed by atoms with van der Waals surface area (Å²) in [5.74, 6) is 0.00813. The summed E-state index contributed by atoms with van der Waals surface area (Å²) in [6.07, 6.45) is -0.815. The third kappa shape index (κ3) is 6.14. The van der Waals surface area contributed by atoms with Crippen LogP contribution in [0, 0.1) is 6.92 Å². The van der Waals surface area contributed by atoms with Gasteiger partial charge in [-0.05, 0) is 67.6 Å². The quantitative estimate of drug-likeness (QED) is 0.149. The molecule has 1 atom stereocenters. The molecule has 0 N–H and O–H groups in total.